The monoisotopic (exact) mass is 430 g/mol. The fraction of sp³-hybridized carbons (Fsp3) is 0.238. The largest absolute Gasteiger partial charge is 0.508 e. The Morgan fingerprint density at radius 1 is 1.00 bits per heavy atom. The van der Waals surface area contributed by atoms with Gasteiger partial charge in [0.25, 0.3) is 0 Å². The van der Waals surface area contributed by atoms with Gasteiger partial charge in [-0.1, -0.05) is 12.1 Å². The number of anilines is 3. The van der Waals surface area contributed by atoms with Crippen LogP contribution >= 0.6 is 0 Å². The number of aromatic nitrogens is 2. The second kappa shape index (κ2) is 7.91. The van der Waals surface area contributed by atoms with Crippen LogP contribution in [0.5, 0.6) is 5.75 Å². The van der Waals surface area contributed by atoms with Gasteiger partial charge in [0.1, 0.15) is 23.2 Å². The second-order valence-corrected chi connectivity index (χ2v) is 9.98. The normalized spacial score (nSPS) is 11.9. The lowest BCUT2D eigenvalue weighted by molar-refractivity contribution is 0.475. The van der Waals surface area contributed by atoms with Gasteiger partial charge in [0, 0.05) is 29.1 Å². The molecule has 0 aliphatic heterocycles. The van der Waals surface area contributed by atoms with Crippen molar-refractivity contribution in [2.45, 2.75) is 31.2 Å². The molecule has 0 aliphatic carbocycles. The number of rotatable bonds is 5. The summed E-state index contributed by atoms with van der Waals surface area (Å²) in [5, 5.41) is 16.0. The molecule has 0 unspecified atom stereocenters. The van der Waals surface area contributed by atoms with Crippen LogP contribution in [0.1, 0.15) is 20.8 Å². The SMILES string of the molecule is CC(C)(C)Nc1cc(Nc2cc(F)cc(S(C)(=O)=O)c2)nc(-c2cccc(O)c2)n1. The number of phenolic OH excluding ortho intramolecular Hbond substituents is 1. The summed E-state index contributed by atoms with van der Waals surface area (Å²) in [6.45, 7) is 5.92. The van der Waals surface area contributed by atoms with E-state index in [1.54, 1.807) is 24.3 Å². The maximum atomic E-state index is 14.0. The van der Waals surface area contributed by atoms with Crippen LogP contribution in [0, 0.1) is 5.82 Å². The second-order valence-electron chi connectivity index (χ2n) is 7.96. The van der Waals surface area contributed by atoms with Gasteiger partial charge in [-0.25, -0.2) is 22.8 Å². The highest BCUT2D eigenvalue weighted by molar-refractivity contribution is 7.90. The molecule has 0 saturated carbocycles. The molecule has 0 atom stereocenters. The van der Waals surface area contributed by atoms with Gasteiger partial charge in [0.05, 0.1) is 4.90 Å². The number of sulfone groups is 1. The minimum absolute atomic E-state index is 0.0720. The van der Waals surface area contributed by atoms with Crippen LogP contribution in [0.4, 0.5) is 21.7 Å². The average molecular weight is 431 g/mol. The molecule has 0 saturated heterocycles. The van der Waals surface area contributed by atoms with Gasteiger partial charge in [-0.2, -0.15) is 0 Å². The molecule has 2 aromatic carbocycles. The predicted molar refractivity (Wildman–Crippen MR) is 115 cm³/mol. The van der Waals surface area contributed by atoms with E-state index in [1.807, 2.05) is 20.8 Å². The molecular formula is C21H23FN4O3S. The number of benzene rings is 2. The highest BCUT2D eigenvalue weighted by atomic mass is 32.2. The number of halogens is 1. The summed E-state index contributed by atoms with van der Waals surface area (Å²) in [5.41, 5.74) is 0.536. The Morgan fingerprint density at radius 3 is 2.33 bits per heavy atom. The van der Waals surface area contributed by atoms with Gasteiger partial charge in [-0.3, -0.25) is 0 Å². The summed E-state index contributed by atoms with van der Waals surface area (Å²) in [6, 6.07) is 11.6. The molecule has 0 aliphatic rings. The molecule has 7 nitrogen and oxygen atoms in total. The van der Waals surface area contributed by atoms with Gasteiger partial charge in [0.2, 0.25) is 0 Å². The van der Waals surface area contributed by atoms with Gasteiger partial charge in [-0.15, -0.1) is 0 Å². The molecule has 0 fully saturated rings. The van der Waals surface area contributed by atoms with E-state index in [9.17, 15) is 17.9 Å². The first-order chi connectivity index (χ1) is 13.9. The van der Waals surface area contributed by atoms with E-state index >= 15 is 0 Å². The maximum absolute atomic E-state index is 14.0. The topological polar surface area (TPSA) is 104 Å². The van der Waals surface area contributed by atoms with Crippen molar-refractivity contribution in [2.24, 2.45) is 0 Å². The third-order valence-corrected chi connectivity index (χ3v) is 5.00. The van der Waals surface area contributed by atoms with Crippen molar-refractivity contribution in [2.75, 3.05) is 16.9 Å². The van der Waals surface area contributed by atoms with Crippen molar-refractivity contribution in [1.82, 2.24) is 9.97 Å². The Morgan fingerprint density at radius 2 is 1.70 bits per heavy atom. The van der Waals surface area contributed by atoms with Crippen LogP contribution < -0.4 is 10.6 Å². The summed E-state index contributed by atoms with van der Waals surface area (Å²) in [5.74, 6) is 0.569. The lowest BCUT2D eigenvalue weighted by Gasteiger charge is -2.22. The Hall–Kier alpha value is -3.20. The molecule has 30 heavy (non-hydrogen) atoms. The number of hydrogen-bond donors (Lipinski definition) is 3. The summed E-state index contributed by atoms with van der Waals surface area (Å²) in [4.78, 5) is 8.81. The Bertz CT molecular complexity index is 1190. The molecule has 3 rings (SSSR count). The smallest absolute Gasteiger partial charge is 0.175 e. The zero-order chi connectivity index (χ0) is 22.1. The molecule has 0 bridgehead atoms. The van der Waals surface area contributed by atoms with E-state index in [2.05, 4.69) is 20.6 Å². The van der Waals surface area contributed by atoms with Crippen LogP contribution in [-0.4, -0.2) is 35.3 Å². The number of hydrogen-bond acceptors (Lipinski definition) is 7. The molecule has 3 aromatic rings. The highest BCUT2D eigenvalue weighted by Crippen LogP contribution is 2.27. The molecule has 0 amide bonds. The van der Waals surface area contributed by atoms with Crippen molar-refractivity contribution in [3.8, 4) is 17.1 Å². The minimum Gasteiger partial charge on any atom is -0.508 e. The zero-order valence-corrected chi connectivity index (χ0v) is 17.9. The average Bonchev–Trinajstić information content (AvgIpc) is 2.58. The molecule has 158 valence electrons. The third kappa shape index (κ3) is 5.66. The summed E-state index contributed by atoms with van der Waals surface area (Å²) >= 11 is 0. The van der Waals surface area contributed by atoms with Gasteiger partial charge >= 0.3 is 0 Å². The fourth-order valence-electron chi connectivity index (χ4n) is 2.73. The maximum Gasteiger partial charge on any atom is 0.175 e. The fourth-order valence-corrected chi connectivity index (χ4v) is 3.40. The predicted octanol–water partition coefficient (Wildman–Crippen LogP) is 4.35. The van der Waals surface area contributed by atoms with Crippen molar-refractivity contribution in [1.29, 1.82) is 0 Å². The Kier molecular flexibility index (Phi) is 5.67. The van der Waals surface area contributed by atoms with Crippen LogP contribution in [-0.2, 0) is 9.84 Å². The van der Waals surface area contributed by atoms with E-state index in [1.165, 1.54) is 18.2 Å². The summed E-state index contributed by atoms with van der Waals surface area (Å²) in [7, 11) is -3.58. The lowest BCUT2D eigenvalue weighted by Crippen LogP contribution is -2.26. The van der Waals surface area contributed by atoms with Crippen molar-refractivity contribution < 1.29 is 17.9 Å². The quantitative estimate of drug-likeness (QED) is 0.553. The Labute approximate surface area is 174 Å². The molecule has 1 heterocycles. The first-order valence-corrected chi connectivity index (χ1v) is 11.0. The minimum atomic E-state index is -3.58. The number of aromatic hydroxyl groups is 1. The van der Waals surface area contributed by atoms with Gasteiger partial charge in [0.15, 0.2) is 15.7 Å². The van der Waals surface area contributed by atoms with Crippen molar-refractivity contribution >= 4 is 27.2 Å². The lowest BCUT2D eigenvalue weighted by atomic mass is 10.1. The molecule has 0 spiro atoms. The first-order valence-electron chi connectivity index (χ1n) is 9.13. The number of phenols is 1. The molecular weight excluding hydrogens is 407 g/mol. The van der Waals surface area contributed by atoms with E-state index in [0.29, 0.717) is 23.0 Å². The summed E-state index contributed by atoms with van der Waals surface area (Å²) < 4.78 is 37.6. The molecule has 0 radical (unpaired) electrons. The van der Waals surface area contributed by atoms with Gasteiger partial charge < -0.3 is 15.7 Å². The highest BCUT2D eigenvalue weighted by Gasteiger charge is 2.15. The first kappa shape index (κ1) is 21.5. The van der Waals surface area contributed by atoms with Gasteiger partial charge in [-0.05, 0) is 51.1 Å². The third-order valence-electron chi connectivity index (χ3n) is 3.91. The number of nitrogens with one attached hydrogen (secondary N) is 2. The van der Waals surface area contributed by atoms with E-state index in [4.69, 9.17) is 0 Å². The molecule has 9 heteroatoms. The zero-order valence-electron chi connectivity index (χ0n) is 17.1. The van der Waals surface area contributed by atoms with Crippen LogP contribution in [0.2, 0.25) is 0 Å². The van der Waals surface area contributed by atoms with E-state index < -0.39 is 15.7 Å². The number of nitrogens with zero attached hydrogens (tertiary/aromatic N) is 2. The molecule has 1 aromatic heterocycles. The van der Waals surface area contributed by atoms with Crippen LogP contribution in [0.3, 0.4) is 0 Å². The summed E-state index contributed by atoms with van der Waals surface area (Å²) in [6.07, 6.45) is 1.02. The van der Waals surface area contributed by atoms with Crippen LogP contribution in [0.25, 0.3) is 11.4 Å². The standard InChI is InChI=1S/C21H23FN4O3S/c1-21(2,3)26-19-12-18(24-20(25-19)13-6-5-7-16(27)8-13)23-15-9-14(22)10-17(11-15)30(4,28)29/h5-12,27H,1-4H3,(H2,23,24,25,26). The Balaban J connectivity index is 2.07. The van der Waals surface area contributed by atoms with Crippen molar-refractivity contribution in [3.05, 3.63) is 54.3 Å². The van der Waals surface area contributed by atoms with Crippen molar-refractivity contribution in [3.63, 3.8) is 0 Å². The molecule has 3 N–H and O–H groups in total. The van der Waals surface area contributed by atoms with Crippen LogP contribution in [0.15, 0.2) is 53.4 Å². The van der Waals surface area contributed by atoms with E-state index in [0.717, 1.165) is 12.3 Å². The van der Waals surface area contributed by atoms with E-state index in [-0.39, 0.29) is 21.9 Å².